The van der Waals surface area contributed by atoms with Gasteiger partial charge in [-0.3, -0.25) is 9.59 Å². The van der Waals surface area contributed by atoms with Crippen molar-refractivity contribution in [2.75, 3.05) is 6.54 Å². The van der Waals surface area contributed by atoms with Gasteiger partial charge >= 0.3 is 5.97 Å². The van der Waals surface area contributed by atoms with Crippen molar-refractivity contribution in [1.29, 1.82) is 0 Å². The minimum Gasteiger partial charge on any atom is -0.481 e. The highest BCUT2D eigenvalue weighted by Gasteiger charge is 2.28. The number of fused-ring (bicyclic) bond motifs is 1. The smallest absolute Gasteiger partial charge is 0.303 e. The summed E-state index contributed by atoms with van der Waals surface area (Å²) < 4.78 is 6.01. The molecule has 0 saturated carbocycles. The topological polar surface area (TPSA) is 66.8 Å². The lowest BCUT2D eigenvalue weighted by atomic mass is 9.93. The van der Waals surface area contributed by atoms with Gasteiger partial charge in [-0.1, -0.05) is 36.4 Å². The molecular formula is C27H27NO4. The molecule has 5 heteroatoms. The SMILES string of the molecule is Cc1cc(Oc2cccc(C(=O)N3CCc4ccccc4C3C)c2)ccc1CCC(=O)O. The second kappa shape index (κ2) is 9.27. The zero-order valence-corrected chi connectivity index (χ0v) is 18.4. The fourth-order valence-corrected chi connectivity index (χ4v) is 4.30. The maximum atomic E-state index is 13.3. The Morgan fingerprint density at radius 2 is 1.81 bits per heavy atom. The Morgan fingerprint density at radius 1 is 1.03 bits per heavy atom. The number of ether oxygens (including phenoxy) is 1. The molecule has 1 unspecified atom stereocenters. The first kappa shape index (κ1) is 21.6. The summed E-state index contributed by atoms with van der Waals surface area (Å²) in [5.74, 6) is 0.445. The summed E-state index contributed by atoms with van der Waals surface area (Å²) >= 11 is 0. The maximum absolute atomic E-state index is 13.3. The van der Waals surface area contributed by atoms with Crippen LogP contribution >= 0.6 is 0 Å². The van der Waals surface area contributed by atoms with Crippen molar-refractivity contribution in [3.05, 3.63) is 94.5 Å². The number of hydrogen-bond donors (Lipinski definition) is 1. The predicted octanol–water partition coefficient (Wildman–Crippen LogP) is 5.56. The van der Waals surface area contributed by atoms with Crippen molar-refractivity contribution < 1.29 is 19.4 Å². The molecule has 1 aliphatic rings. The van der Waals surface area contributed by atoms with E-state index in [-0.39, 0.29) is 18.4 Å². The fourth-order valence-electron chi connectivity index (χ4n) is 4.30. The molecule has 4 rings (SSSR count). The van der Waals surface area contributed by atoms with Crippen LogP contribution in [0.15, 0.2) is 66.7 Å². The van der Waals surface area contributed by atoms with Crippen molar-refractivity contribution in [3.8, 4) is 11.5 Å². The van der Waals surface area contributed by atoms with E-state index in [1.54, 1.807) is 6.07 Å². The zero-order valence-electron chi connectivity index (χ0n) is 18.4. The lowest BCUT2D eigenvalue weighted by molar-refractivity contribution is -0.136. The molecule has 0 aromatic heterocycles. The highest BCUT2D eigenvalue weighted by Crippen LogP contribution is 2.31. The molecule has 0 aliphatic carbocycles. The van der Waals surface area contributed by atoms with Crippen LogP contribution in [0.25, 0.3) is 0 Å². The van der Waals surface area contributed by atoms with Crippen LogP contribution in [-0.2, 0) is 17.6 Å². The first-order chi connectivity index (χ1) is 15.4. The third-order valence-electron chi connectivity index (χ3n) is 6.09. The second-order valence-electron chi connectivity index (χ2n) is 8.24. The molecule has 3 aromatic carbocycles. The molecule has 1 N–H and O–H groups in total. The van der Waals surface area contributed by atoms with Crippen LogP contribution in [0.5, 0.6) is 11.5 Å². The van der Waals surface area contributed by atoms with E-state index in [2.05, 4.69) is 19.1 Å². The lowest BCUT2D eigenvalue weighted by Gasteiger charge is -2.35. The molecular weight excluding hydrogens is 402 g/mol. The molecule has 32 heavy (non-hydrogen) atoms. The van der Waals surface area contributed by atoms with Gasteiger partial charge in [0.2, 0.25) is 0 Å². The molecule has 0 bridgehead atoms. The molecule has 5 nitrogen and oxygen atoms in total. The number of benzene rings is 3. The Labute approximate surface area is 188 Å². The van der Waals surface area contributed by atoms with Gasteiger partial charge in [-0.2, -0.15) is 0 Å². The number of aliphatic carboxylic acids is 1. The van der Waals surface area contributed by atoms with Crippen LogP contribution in [0, 0.1) is 6.92 Å². The van der Waals surface area contributed by atoms with E-state index in [1.165, 1.54) is 11.1 Å². The standard InChI is InChI=1S/C27H27NO4/c1-18-16-24(12-10-20(18)11-13-26(29)30)32-23-8-5-7-22(17-23)27(31)28-15-14-21-6-3-4-9-25(21)19(28)2/h3-10,12,16-17,19H,11,13-15H2,1-2H3,(H,29,30). The summed E-state index contributed by atoms with van der Waals surface area (Å²) in [6.07, 6.45) is 1.45. The summed E-state index contributed by atoms with van der Waals surface area (Å²) in [6.45, 7) is 4.71. The van der Waals surface area contributed by atoms with Crippen molar-refractivity contribution in [1.82, 2.24) is 4.90 Å². The van der Waals surface area contributed by atoms with Crippen molar-refractivity contribution in [3.63, 3.8) is 0 Å². The van der Waals surface area contributed by atoms with Crippen LogP contribution in [0.1, 0.15) is 52.0 Å². The third kappa shape index (κ3) is 4.67. The van der Waals surface area contributed by atoms with Gasteiger partial charge in [0.25, 0.3) is 5.91 Å². The number of carboxylic acid groups (broad SMARTS) is 1. The molecule has 0 radical (unpaired) electrons. The number of carbonyl (C=O) groups is 2. The average Bonchev–Trinajstić information content (AvgIpc) is 2.79. The lowest BCUT2D eigenvalue weighted by Crippen LogP contribution is -2.38. The zero-order chi connectivity index (χ0) is 22.7. The Morgan fingerprint density at radius 3 is 2.59 bits per heavy atom. The van der Waals surface area contributed by atoms with Gasteiger partial charge in [-0.15, -0.1) is 0 Å². The van der Waals surface area contributed by atoms with E-state index in [0.717, 1.165) is 17.5 Å². The molecule has 0 spiro atoms. The summed E-state index contributed by atoms with van der Waals surface area (Å²) in [7, 11) is 0. The summed E-state index contributed by atoms with van der Waals surface area (Å²) in [5.41, 5.74) is 5.09. The minimum atomic E-state index is -0.808. The predicted molar refractivity (Wildman–Crippen MR) is 123 cm³/mol. The summed E-state index contributed by atoms with van der Waals surface area (Å²) in [5, 5.41) is 8.89. The van der Waals surface area contributed by atoms with Gasteiger partial charge in [0.05, 0.1) is 6.04 Å². The van der Waals surface area contributed by atoms with Crippen LogP contribution in [-0.4, -0.2) is 28.4 Å². The number of amides is 1. The monoisotopic (exact) mass is 429 g/mol. The van der Waals surface area contributed by atoms with Crippen molar-refractivity contribution in [2.24, 2.45) is 0 Å². The van der Waals surface area contributed by atoms with Gasteiger partial charge in [0.15, 0.2) is 0 Å². The van der Waals surface area contributed by atoms with E-state index >= 15 is 0 Å². The number of nitrogens with zero attached hydrogens (tertiary/aromatic N) is 1. The Hall–Kier alpha value is -3.60. The third-order valence-corrected chi connectivity index (χ3v) is 6.09. The van der Waals surface area contributed by atoms with Crippen molar-refractivity contribution in [2.45, 2.75) is 39.2 Å². The maximum Gasteiger partial charge on any atom is 0.303 e. The van der Waals surface area contributed by atoms with E-state index in [1.807, 2.05) is 60.4 Å². The van der Waals surface area contributed by atoms with Gasteiger partial charge < -0.3 is 14.7 Å². The van der Waals surface area contributed by atoms with Crippen LogP contribution in [0.3, 0.4) is 0 Å². The number of hydrogen-bond acceptors (Lipinski definition) is 3. The van der Waals surface area contributed by atoms with Gasteiger partial charge in [-0.05, 0) is 79.3 Å². The molecule has 1 aliphatic heterocycles. The first-order valence-electron chi connectivity index (χ1n) is 10.9. The molecule has 0 fully saturated rings. The largest absolute Gasteiger partial charge is 0.481 e. The van der Waals surface area contributed by atoms with E-state index in [9.17, 15) is 9.59 Å². The second-order valence-corrected chi connectivity index (χ2v) is 8.24. The van der Waals surface area contributed by atoms with E-state index < -0.39 is 5.97 Å². The molecule has 164 valence electrons. The summed E-state index contributed by atoms with van der Waals surface area (Å²) in [6, 6.07) is 21.2. The normalized spacial score (nSPS) is 15.2. The molecule has 1 atom stereocenters. The number of carbonyl (C=O) groups excluding carboxylic acids is 1. The Bertz CT molecular complexity index is 1150. The minimum absolute atomic E-state index is 0.00217. The number of carboxylic acids is 1. The van der Waals surface area contributed by atoms with Gasteiger partial charge in [0.1, 0.15) is 11.5 Å². The fraction of sp³-hybridized carbons (Fsp3) is 0.259. The quantitative estimate of drug-likeness (QED) is 0.557. The first-order valence-corrected chi connectivity index (χ1v) is 10.9. The molecule has 3 aromatic rings. The Kier molecular flexibility index (Phi) is 6.26. The van der Waals surface area contributed by atoms with Crippen LogP contribution in [0.4, 0.5) is 0 Å². The van der Waals surface area contributed by atoms with Gasteiger partial charge in [-0.25, -0.2) is 0 Å². The molecule has 1 heterocycles. The van der Waals surface area contributed by atoms with Crippen molar-refractivity contribution >= 4 is 11.9 Å². The van der Waals surface area contributed by atoms with Gasteiger partial charge in [0, 0.05) is 18.5 Å². The van der Waals surface area contributed by atoms with Crippen LogP contribution < -0.4 is 4.74 Å². The molecule has 0 saturated heterocycles. The number of rotatable bonds is 6. The van der Waals surface area contributed by atoms with E-state index in [0.29, 0.717) is 30.0 Å². The van der Waals surface area contributed by atoms with E-state index in [4.69, 9.17) is 9.84 Å². The highest BCUT2D eigenvalue weighted by atomic mass is 16.5. The highest BCUT2D eigenvalue weighted by molar-refractivity contribution is 5.95. The van der Waals surface area contributed by atoms with Crippen LogP contribution in [0.2, 0.25) is 0 Å². The number of aryl methyl sites for hydroxylation is 2. The molecule has 1 amide bonds. The average molecular weight is 430 g/mol. The Balaban J connectivity index is 1.49. The summed E-state index contributed by atoms with van der Waals surface area (Å²) in [4.78, 5) is 26.0.